The SMILES string of the molecule is CC(C)NCc1ccc(F)c(CN(C)Cc2ccco2)c1. The van der Waals surface area contributed by atoms with Crippen LogP contribution in [-0.2, 0) is 19.6 Å². The molecule has 0 aliphatic rings. The van der Waals surface area contributed by atoms with Gasteiger partial charge in [-0.15, -0.1) is 0 Å². The van der Waals surface area contributed by atoms with Crippen molar-refractivity contribution < 1.29 is 8.81 Å². The maximum Gasteiger partial charge on any atom is 0.127 e. The summed E-state index contributed by atoms with van der Waals surface area (Å²) < 4.78 is 19.3. The normalized spacial score (nSPS) is 11.5. The highest BCUT2D eigenvalue weighted by Crippen LogP contribution is 2.14. The van der Waals surface area contributed by atoms with E-state index >= 15 is 0 Å². The van der Waals surface area contributed by atoms with Gasteiger partial charge in [-0.2, -0.15) is 0 Å². The average Bonchev–Trinajstić information content (AvgIpc) is 2.92. The van der Waals surface area contributed by atoms with Crippen LogP contribution in [0.1, 0.15) is 30.7 Å². The summed E-state index contributed by atoms with van der Waals surface area (Å²) in [5.74, 6) is 0.727. The third kappa shape index (κ3) is 4.99. The molecule has 0 saturated carbocycles. The molecule has 2 aromatic rings. The Kier molecular flexibility index (Phi) is 5.53. The van der Waals surface area contributed by atoms with Gasteiger partial charge >= 0.3 is 0 Å². The minimum atomic E-state index is -0.158. The number of nitrogens with one attached hydrogen (secondary N) is 1. The van der Waals surface area contributed by atoms with Crippen molar-refractivity contribution in [3.05, 3.63) is 59.3 Å². The lowest BCUT2D eigenvalue weighted by atomic mass is 10.1. The minimum Gasteiger partial charge on any atom is -0.468 e. The van der Waals surface area contributed by atoms with E-state index in [1.54, 1.807) is 12.3 Å². The molecule has 21 heavy (non-hydrogen) atoms. The molecular formula is C17H23FN2O. The first kappa shape index (κ1) is 15.7. The molecule has 3 nitrogen and oxygen atoms in total. The molecule has 114 valence electrons. The van der Waals surface area contributed by atoms with Crippen LogP contribution in [0.15, 0.2) is 41.0 Å². The van der Waals surface area contributed by atoms with Gasteiger partial charge in [-0.1, -0.05) is 26.0 Å². The second kappa shape index (κ2) is 7.38. The fourth-order valence-corrected chi connectivity index (χ4v) is 2.20. The summed E-state index contributed by atoms with van der Waals surface area (Å²) in [6.45, 7) is 6.18. The molecule has 0 aliphatic carbocycles. The molecule has 0 saturated heterocycles. The average molecular weight is 290 g/mol. The Morgan fingerprint density at radius 1 is 1.24 bits per heavy atom. The second-order valence-corrected chi connectivity index (χ2v) is 5.71. The summed E-state index contributed by atoms with van der Waals surface area (Å²) in [5, 5.41) is 3.35. The molecule has 0 unspecified atom stereocenters. The minimum absolute atomic E-state index is 0.158. The summed E-state index contributed by atoms with van der Waals surface area (Å²) in [5.41, 5.74) is 1.82. The predicted molar refractivity (Wildman–Crippen MR) is 82.3 cm³/mol. The Morgan fingerprint density at radius 2 is 2.05 bits per heavy atom. The standard InChI is InChI=1S/C17H23FN2O/c1-13(2)19-10-14-6-7-17(18)15(9-14)11-20(3)12-16-5-4-8-21-16/h4-9,13,19H,10-12H2,1-3H3. The molecule has 1 aromatic heterocycles. The van der Waals surface area contributed by atoms with E-state index < -0.39 is 0 Å². The Labute approximate surface area is 125 Å². The zero-order valence-corrected chi connectivity index (χ0v) is 12.9. The van der Waals surface area contributed by atoms with Crippen molar-refractivity contribution in [1.82, 2.24) is 10.2 Å². The van der Waals surface area contributed by atoms with Crippen molar-refractivity contribution in [3.8, 4) is 0 Å². The van der Waals surface area contributed by atoms with E-state index in [1.807, 2.05) is 36.2 Å². The molecule has 1 heterocycles. The third-order valence-electron chi connectivity index (χ3n) is 3.27. The fourth-order valence-electron chi connectivity index (χ4n) is 2.20. The number of halogens is 1. The largest absolute Gasteiger partial charge is 0.468 e. The number of rotatable bonds is 7. The molecule has 0 amide bonds. The smallest absolute Gasteiger partial charge is 0.127 e. The van der Waals surface area contributed by atoms with Crippen LogP contribution in [0.5, 0.6) is 0 Å². The maximum atomic E-state index is 13.9. The van der Waals surface area contributed by atoms with Crippen molar-refractivity contribution >= 4 is 0 Å². The molecule has 1 aromatic carbocycles. The van der Waals surface area contributed by atoms with Gasteiger partial charge in [0.2, 0.25) is 0 Å². The van der Waals surface area contributed by atoms with Crippen LogP contribution in [0.25, 0.3) is 0 Å². The van der Waals surface area contributed by atoms with E-state index in [0.717, 1.165) is 17.9 Å². The van der Waals surface area contributed by atoms with E-state index in [0.29, 0.717) is 24.7 Å². The Bertz CT molecular complexity index is 552. The van der Waals surface area contributed by atoms with E-state index in [4.69, 9.17) is 4.42 Å². The summed E-state index contributed by atoms with van der Waals surface area (Å²) in [6.07, 6.45) is 1.65. The van der Waals surface area contributed by atoms with E-state index in [2.05, 4.69) is 19.2 Å². The molecule has 2 rings (SSSR count). The van der Waals surface area contributed by atoms with E-state index in [1.165, 1.54) is 0 Å². The summed E-state index contributed by atoms with van der Waals surface area (Å²) in [6, 6.07) is 9.52. The number of benzene rings is 1. The van der Waals surface area contributed by atoms with Crippen LogP contribution in [-0.4, -0.2) is 18.0 Å². The lowest BCUT2D eigenvalue weighted by Crippen LogP contribution is -2.22. The molecule has 1 N–H and O–H groups in total. The molecule has 0 spiro atoms. The van der Waals surface area contributed by atoms with Crippen molar-refractivity contribution in [1.29, 1.82) is 0 Å². The van der Waals surface area contributed by atoms with Crippen LogP contribution >= 0.6 is 0 Å². The third-order valence-corrected chi connectivity index (χ3v) is 3.27. The maximum absolute atomic E-state index is 13.9. The zero-order valence-electron chi connectivity index (χ0n) is 12.9. The van der Waals surface area contributed by atoms with Gasteiger partial charge in [0.25, 0.3) is 0 Å². The molecule has 0 fully saturated rings. The van der Waals surface area contributed by atoms with Gasteiger partial charge in [0.05, 0.1) is 12.8 Å². The Morgan fingerprint density at radius 3 is 2.71 bits per heavy atom. The van der Waals surface area contributed by atoms with Crippen LogP contribution < -0.4 is 5.32 Å². The van der Waals surface area contributed by atoms with Crippen molar-refractivity contribution in [2.24, 2.45) is 0 Å². The molecule has 0 aliphatic heterocycles. The molecular weight excluding hydrogens is 267 g/mol. The van der Waals surface area contributed by atoms with Gasteiger partial charge in [0.1, 0.15) is 11.6 Å². The zero-order chi connectivity index (χ0) is 15.2. The lowest BCUT2D eigenvalue weighted by molar-refractivity contribution is 0.284. The Balaban J connectivity index is 1.99. The van der Waals surface area contributed by atoms with Gasteiger partial charge in [-0.05, 0) is 30.8 Å². The predicted octanol–water partition coefficient (Wildman–Crippen LogP) is 3.55. The van der Waals surface area contributed by atoms with Gasteiger partial charge in [0, 0.05) is 24.7 Å². The Hall–Kier alpha value is -1.65. The molecule has 0 bridgehead atoms. The van der Waals surface area contributed by atoms with Crippen LogP contribution in [0, 0.1) is 5.82 Å². The fraction of sp³-hybridized carbons (Fsp3) is 0.412. The highest BCUT2D eigenvalue weighted by atomic mass is 19.1. The topological polar surface area (TPSA) is 28.4 Å². The second-order valence-electron chi connectivity index (χ2n) is 5.71. The number of furan rings is 1. The molecule has 4 heteroatoms. The van der Waals surface area contributed by atoms with Crippen LogP contribution in [0.2, 0.25) is 0 Å². The first-order valence-electron chi connectivity index (χ1n) is 7.26. The van der Waals surface area contributed by atoms with Crippen molar-refractivity contribution in [3.63, 3.8) is 0 Å². The van der Waals surface area contributed by atoms with Gasteiger partial charge in [-0.3, -0.25) is 4.90 Å². The monoisotopic (exact) mass is 290 g/mol. The highest BCUT2D eigenvalue weighted by molar-refractivity contribution is 5.25. The van der Waals surface area contributed by atoms with Gasteiger partial charge in [-0.25, -0.2) is 4.39 Å². The first-order valence-corrected chi connectivity index (χ1v) is 7.26. The molecule has 0 atom stereocenters. The van der Waals surface area contributed by atoms with Crippen molar-refractivity contribution in [2.75, 3.05) is 7.05 Å². The van der Waals surface area contributed by atoms with E-state index in [-0.39, 0.29) is 5.82 Å². The number of hydrogen-bond acceptors (Lipinski definition) is 3. The summed E-state index contributed by atoms with van der Waals surface area (Å²) in [4.78, 5) is 2.04. The lowest BCUT2D eigenvalue weighted by Gasteiger charge is -2.17. The van der Waals surface area contributed by atoms with Crippen LogP contribution in [0.3, 0.4) is 0 Å². The highest BCUT2D eigenvalue weighted by Gasteiger charge is 2.09. The van der Waals surface area contributed by atoms with Crippen molar-refractivity contribution in [2.45, 2.75) is 39.5 Å². The van der Waals surface area contributed by atoms with Gasteiger partial charge < -0.3 is 9.73 Å². The van der Waals surface area contributed by atoms with Gasteiger partial charge in [0.15, 0.2) is 0 Å². The molecule has 0 radical (unpaired) electrons. The van der Waals surface area contributed by atoms with E-state index in [9.17, 15) is 4.39 Å². The number of hydrogen-bond donors (Lipinski definition) is 1. The van der Waals surface area contributed by atoms with Crippen LogP contribution in [0.4, 0.5) is 4.39 Å². The summed E-state index contributed by atoms with van der Waals surface area (Å²) in [7, 11) is 1.96. The number of nitrogens with zero attached hydrogens (tertiary/aromatic N) is 1. The quantitative estimate of drug-likeness (QED) is 0.845. The summed E-state index contributed by atoms with van der Waals surface area (Å²) >= 11 is 0. The first-order chi connectivity index (χ1) is 10.0.